The Bertz CT molecular complexity index is 391. The quantitative estimate of drug-likeness (QED) is 0.563. The minimum absolute atomic E-state index is 0.316. The van der Waals surface area contributed by atoms with Gasteiger partial charge in [-0.05, 0) is 6.07 Å². The van der Waals surface area contributed by atoms with Crippen molar-refractivity contribution >= 4 is 0 Å². The van der Waals surface area contributed by atoms with Crippen molar-refractivity contribution in [3.8, 4) is 17.2 Å². The molecule has 16 heavy (non-hydrogen) atoms. The van der Waals surface area contributed by atoms with Gasteiger partial charge >= 0.3 is 0 Å². The van der Waals surface area contributed by atoms with E-state index < -0.39 is 4.92 Å². The molecule has 0 amide bonds. The van der Waals surface area contributed by atoms with E-state index in [-0.39, 0.29) is 6.54 Å². The van der Waals surface area contributed by atoms with E-state index in [1.165, 1.54) is 21.3 Å². The molecule has 0 aliphatic carbocycles. The molecule has 1 rings (SSSR count). The van der Waals surface area contributed by atoms with Gasteiger partial charge in [0, 0.05) is 11.0 Å². The standard InChI is InChI=1S/C10H13NO5/c1-14-8-5-10(16-3)9(15-2)4-7(8)6-11(12)13/h4-5H,6H2,1-3H3. The van der Waals surface area contributed by atoms with Gasteiger partial charge in [-0.15, -0.1) is 0 Å². The summed E-state index contributed by atoms with van der Waals surface area (Å²) >= 11 is 0. The summed E-state index contributed by atoms with van der Waals surface area (Å²) in [5, 5.41) is 10.5. The van der Waals surface area contributed by atoms with E-state index in [0.717, 1.165) is 0 Å². The lowest BCUT2D eigenvalue weighted by Gasteiger charge is -2.11. The monoisotopic (exact) mass is 227 g/mol. The van der Waals surface area contributed by atoms with E-state index in [0.29, 0.717) is 22.8 Å². The second kappa shape index (κ2) is 5.20. The number of ether oxygens (including phenoxy) is 3. The minimum atomic E-state index is -0.427. The molecule has 0 heterocycles. The van der Waals surface area contributed by atoms with Crippen LogP contribution in [0.1, 0.15) is 5.56 Å². The first-order valence-electron chi connectivity index (χ1n) is 4.53. The van der Waals surface area contributed by atoms with E-state index in [2.05, 4.69) is 0 Å². The summed E-state index contributed by atoms with van der Waals surface area (Å²) in [4.78, 5) is 10.0. The highest BCUT2D eigenvalue weighted by molar-refractivity contribution is 5.50. The van der Waals surface area contributed by atoms with Crippen LogP contribution in [0.15, 0.2) is 12.1 Å². The molecule has 0 saturated carbocycles. The third-order valence-corrected chi connectivity index (χ3v) is 2.09. The van der Waals surface area contributed by atoms with Crippen LogP contribution in [0.5, 0.6) is 17.2 Å². The van der Waals surface area contributed by atoms with Crippen LogP contribution in [-0.2, 0) is 6.54 Å². The predicted octanol–water partition coefficient (Wildman–Crippen LogP) is 1.49. The van der Waals surface area contributed by atoms with Crippen LogP contribution >= 0.6 is 0 Å². The Balaban J connectivity index is 3.20. The molecule has 0 aromatic heterocycles. The van der Waals surface area contributed by atoms with Crippen LogP contribution in [0.3, 0.4) is 0 Å². The minimum Gasteiger partial charge on any atom is -0.496 e. The van der Waals surface area contributed by atoms with E-state index in [4.69, 9.17) is 14.2 Å². The van der Waals surface area contributed by atoms with Crippen LogP contribution < -0.4 is 14.2 Å². The zero-order valence-electron chi connectivity index (χ0n) is 9.35. The lowest BCUT2D eigenvalue weighted by atomic mass is 10.1. The summed E-state index contributed by atoms with van der Waals surface area (Å²) in [5.74, 6) is 1.33. The fourth-order valence-corrected chi connectivity index (χ4v) is 1.36. The first-order valence-corrected chi connectivity index (χ1v) is 4.53. The van der Waals surface area contributed by atoms with Crippen LogP contribution in [-0.4, -0.2) is 26.3 Å². The highest BCUT2D eigenvalue weighted by atomic mass is 16.6. The molecule has 6 nitrogen and oxygen atoms in total. The Labute approximate surface area is 92.9 Å². The van der Waals surface area contributed by atoms with Gasteiger partial charge in [0.25, 0.3) is 0 Å². The fourth-order valence-electron chi connectivity index (χ4n) is 1.36. The first-order chi connectivity index (χ1) is 7.62. The van der Waals surface area contributed by atoms with Crippen molar-refractivity contribution in [1.29, 1.82) is 0 Å². The zero-order valence-corrected chi connectivity index (χ0v) is 9.35. The van der Waals surface area contributed by atoms with Crippen molar-refractivity contribution in [1.82, 2.24) is 0 Å². The molecule has 1 aromatic rings. The highest BCUT2D eigenvalue weighted by Crippen LogP contribution is 2.34. The molecule has 0 aliphatic rings. The van der Waals surface area contributed by atoms with Gasteiger partial charge in [0.05, 0.1) is 26.9 Å². The van der Waals surface area contributed by atoms with Crippen LogP contribution in [0, 0.1) is 10.1 Å². The zero-order chi connectivity index (χ0) is 12.1. The van der Waals surface area contributed by atoms with Crippen molar-refractivity contribution in [2.24, 2.45) is 0 Å². The van der Waals surface area contributed by atoms with Gasteiger partial charge in [-0.25, -0.2) is 0 Å². The molecule has 0 unspecified atom stereocenters. The number of hydrogen-bond acceptors (Lipinski definition) is 5. The summed E-state index contributed by atoms with van der Waals surface area (Å²) < 4.78 is 15.2. The average Bonchev–Trinajstić information content (AvgIpc) is 2.27. The number of nitro groups is 1. The molecule has 0 saturated heterocycles. The van der Waals surface area contributed by atoms with Gasteiger partial charge in [0.1, 0.15) is 5.75 Å². The molecule has 88 valence electrons. The van der Waals surface area contributed by atoms with E-state index in [9.17, 15) is 10.1 Å². The van der Waals surface area contributed by atoms with Crippen LogP contribution in [0.4, 0.5) is 0 Å². The largest absolute Gasteiger partial charge is 0.496 e. The molecular formula is C10H13NO5. The molecule has 0 bridgehead atoms. The van der Waals surface area contributed by atoms with Crippen molar-refractivity contribution in [3.05, 3.63) is 27.8 Å². The van der Waals surface area contributed by atoms with Gasteiger partial charge < -0.3 is 14.2 Å². The number of rotatable bonds is 5. The fraction of sp³-hybridized carbons (Fsp3) is 0.400. The van der Waals surface area contributed by atoms with Gasteiger partial charge in [0.2, 0.25) is 6.54 Å². The molecule has 0 atom stereocenters. The van der Waals surface area contributed by atoms with Gasteiger partial charge in [0.15, 0.2) is 11.5 Å². The SMILES string of the molecule is COc1cc(OC)c(OC)cc1C[N+](=O)[O-]. The maximum atomic E-state index is 10.5. The maximum absolute atomic E-state index is 10.5. The van der Waals surface area contributed by atoms with E-state index in [1.807, 2.05) is 0 Å². The van der Waals surface area contributed by atoms with E-state index in [1.54, 1.807) is 12.1 Å². The number of methoxy groups -OCH3 is 3. The van der Waals surface area contributed by atoms with Crippen LogP contribution in [0.2, 0.25) is 0 Å². The smallest absolute Gasteiger partial charge is 0.232 e. The van der Waals surface area contributed by atoms with Crippen molar-refractivity contribution in [2.75, 3.05) is 21.3 Å². The normalized spacial score (nSPS) is 9.69. The van der Waals surface area contributed by atoms with Gasteiger partial charge in [-0.3, -0.25) is 10.1 Å². The maximum Gasteiger partial charge on any atom is 0.232 e. The third kappa shape index (κ3) is 2.53. The molecular weight excluding hydrogens is 214 g/mol. The third-order valence-electron chi connectivity index (χ3n) is 2.09. The van der Waals surface area contributed by atoms with Crippen molar-refractivity contribution in [2.45, 2.75) is 6.54 Å². The van der Waals surface area contributed by atoms with Gasteiger partial charge in [-0.2, -0.15) is 0 Å². The lowest BCUT2D eigenvalue weighted by Crippen LogP contribution is -2.02. The first kappa shape index (κ1) is 12.1. The Morgan fingerprint density at radius 1 is 1.06 bits per heavy atom. The summed E-state index contributed by atoms with van der Waals surface area (Å²) in [6.07, 6.45) is 0. The second-order valence-corrected chi connectivity index (χ2v) is 3.01. The van der Waals surface area contributed by atoms with E-state index >= 15 is 0 Å². The molecule has 0 fully saturated rings. The summed E-state index contributed by atoms with van der Waals surface area (Å²) in [6.45, 7) is -0.316. The average molecular weight is 227 g/mol. The molecule has 0 spiro atoms. The van der Waals surface area contributed by atoms with Crippen molar-refractivity contribution in [3.63, 3.8) is 0 Å². The topological polar surface area (TPSA) is 70.8 Å². The highest BCUT2D eigenvalue weighted by Gasteiger charge is 2.15. The summed E-state index contributed by atoms with van der Waals surface area (Å²) in [6, 6.07) is 3.11. The molecule has 0 aliphatic heterocycles. The van der Waals surface area contributed by atoms with Crippen LogP contribution in [0.25, 0.3) is 0 Å². The summed E-state index contributed by atoms with van der Waals surface area (Å²) in [7, 11) is 4.41. The lowest BCUT2D eigenvalue weighted by molar-refractivity contribution is -0.496. The predicted molar refractivity (Wildman–Crippen MR) is 56.8 cm³/mol. The molecule has 1 aromatic carbocycles. The Hall–Kier alpha value is -1.98. The molecule has 0 radical (unpaired) electrons. The number of benzene rings is 1. The van der Waals surface area contributed by atoms with Gasteiger partial charge in [-0.1, -0.05) is 0 Å². The molecule has 6 heteroatoms. The number of hydrogen-bond donors (Lipinski definition) is 0. The Morgan fingerprint density at radius 2 is 1.56 bits per heavy atom. The Kier molecular flexibility index (Phi) is 3.93. The summed E-state index contributed by atoms with van der Waals surface area (Å²) in [5.41, 5.74) is 0.449. The molecule has 0 N–H and O–H groups in total. The number of nitrogens with zero attached hydrogens (tertiary/aromatic N) is 1. The van der Waals surface area contributed by atoms with Crippen molar-refractivity contribution < 1.29 is 19.1 Å². The Morgan fingerprint density at radius 3 is 2.00 bits per heavy atom. The second-order valence-electron chi connectivity index (χ2n) is 3.01.